The summed E-state index contributed by atoms with van der Waals surface area (Å²) in [6.45, 7) is 10.9. The van der Waals surface area contributed by atoms with Crippen LogP contribution in [0.3, 0.4) is 0 Å². The lowest BCUT2D eigenvalue weighted by Crippen LogP contribution is -2.19. The summed E-state index contributed by atoms with van der Waals surface area (Å²) < 4.78 is 0. The van der Waals surface area contributed by atoms with Gasteiger partial charge in [-0.2, -0.15) is 0 Å². The van der Waals surface area contributed by atoms with Crippen LogP contribution in [0.4, 0.5) is 5.69 Å². The first kappa shape index (κ1) is 25.2. The number of aromatic hydroxyl groups is 1. The predicted octanol–water partition coefficient (Wildman–Crippen LogP) is 6.04. The second kappa shape index (κ2) is 11.4. The van der Waals surface area contributed by atoms with Crippen LogP contribution in [0.1, 0.15) is 53.9 Å². The molecule has 0 atom stereocenters. The Labute approximate surface area is 180 Å². The van der Waals surface area contributed by atoms with Crippen LogP contribution in [-0.2, 0) is 4.79 Å². The molecule has 4 heteroatoms. The molecule has 0 radical (unpaired) electrons. The molecule has 2 rings (SSSR count). The number of nitrogens with one attached hydrogen (secondary N) is 1. The van der Waals surface area contributed by atoms with Gasteiger partial charge in [-0.3, -0.25) is 4.79 Å². The summed E-state index contributed by atoms with van der Waals surface area (Å²) >= 11 is 0. The minimum atomic E-state index is -0.194. The molecule has 0 bridgehead atoms. The van der Waals surface area contributed by atoms with Crippen LogP contribution in [0, 0.1) is 5.41 Å². The molecule has 4 nitrogen and oxygen atoms in total. The maximum Gasteiger partial charge on any atom is 0.248 e. The highest BCUT2D eigenvalue weighted by Crippen LogP contribution is 2.40. The fourth-order valence-electron chi connectivity index (χ4n) is 3.61. The maximum atomic E-state index is 12.1. The molecule has 0 unspecified atom stereocenters. The van der Waals surface area contributed by atoms with Crippen molar-refractivity contribution in [1.29, 1.82) is 0 Å². The van der Waals surface area contributed by atoms with E-state index in [4.69, 9.17) is 0 Å². The van der Waals surface area contributed by atoms with Gasteiger partial charge in [-0.05, 0) is 80.9 Å². The second-order valence-corrected chi connectivity index (χ2v) is 8.46. The average Bonchev–Trinajstić information content (AvgIpc) is 2.62. The van der Waals surface area contributed by atoms with Crippen molar-refractivity contribution in [2.75, 3.05) is 5.32 Å². The number of carbonyl (C=O) groups excluding carboxylic acids is 1. The van der Waals surface area contributed by atoms with E-state index in [9.17, 15) is 9.90 Å². The zero-order chi connectivity index (χ0) is 21.4. The third-order valence-electron chi connectivity index (χ3n) is 5.27. The molecule has 0 fully saturated rings. The van der Waals surface area contributed by atoms with Crippen LogP contribution in [0.25, 0.3) is 0 Å². The molecule has 1 aliphatic carbocycles. The average molecular weight is 410 g/mol. The van der Waals surface area contributed by atoms with Crippen molar-refractivity contribution in [3.05, 3.63) is 83.0 Å². The van der Waals surface area contributed by atoms with Gasteiger partial charge in [0.2, 0.25) is 5.91 Å². The smallest absolute Gasteiger partial charge is 0.248 e. The Morgan fingerprint density at radius 1 is 1.10 bits per heavy atom. The maximum absolute atomic E-state index is 12.1. The van der Waals surface area contributed by atoms with Crippen molar-refractivity contribution in [1.82, 2.24) is 0 Å². The summed E-state index contributed by atoms with van der Waals surface area (Å²) in [6.07, 6.45) is 15.6. The number of benzene rings is 1. The van der Waals surface area contributed by atoms with Crippen LogP contribution >= 0.6 is 0 Å². The summed E-state index contributed by atoms with van der Waals surface area (Å²) in [5.41, 5.74) is 5.89. The fraction of sp³-hybridized carbons (Fsp3) is 0.346. The number of phenolic OH excluding ortho intramolecular Hbond substituents is 1. The highest BCUT2D eigenvalue weighted by molar-refractivity contribution is 5.99. The minimum Gasteiger partial charge on any atom is -0.508 e. The van der Waals surface area contributed by atoms with Gasteiger partial charge in [0.15, 0.2) is 0 Å². The molecule has 1 amide bonds. The quantitative estimate of drug-likeness (QED) is 0.341. The molecular formula is C26H35NO3. The van der Waals surface area contributed by atoms with Gasteiger partial charge in [-0.15, -0.1) is 0 Å². The van der Waals surface area contributed by atoms with Crippen LogP contribution in [-0.4, -0.2) is 16.5 Å². The third-order valence-corrected chi connectivity index (χ3v) is 5.27. The van der Waals surface area contributed by atoms with Crippen molar-refractivity contribution in [3.63, 3.8) is 0 Å². The monoisotopic (exact) mass is 409 g/mol. The minimum absolute atomic E-state index is 0. The van der Waals surface area contributed by atoms with Gasteiger partial charge in [0.1, 0.15) is 5.75 Å². The van der Waals surface area contributed by atoms with Crippen molar-refractivity contribution in [2.45, 2.75) is 53.9 Å². The lowest BCUT2D eigenvalue weighted by Gasteiger charge is -2.32. The molecule has 0 spiro atoms. The van der Waals surface area contributed by atoms with Gasteiger partial charge in [-0.25, -0.2) is 0 Å². The van der Waals surface area contributed by atoms with E-state index in [1.54, 1.807) is 30.3 Å². The first-order chi connectivity index (χ1) is 13.7. The van der Waals surface area contributed by atoms with E-state index in [1.807, 2.05) is 19.1 Å². The summed E-state index contributed by atoms with van der Waals surface area (Å²) in [5, 5.41) is 12.1. The van der Waals surface area contributed by atoms with Crippen LogP contribution in [0.5, 0.6) is 5.75 Å². The molecular weight excluding hydrogens is 374 g/mol. The van der Waals surface area contributed by atoms with Crippen molar-refractivity contribution in [3.8, 4) is 5.75 Å². The summed E-state index contributed by atoms with van der Waals surface area (Å²) in [5.74, 6) is -0.0206. The van der Waals surface area contributed by atoms with E-state index >= 15 is 0 Å². The Hall–Kier alpha value is -2.85. The van der Waals surface area contributed by atoms with E-state index in [0.717, 1.165) is 5.57 Å². The van der Waals surface area contributed by atoms with Gasteiger partial charge in [0.25, 0.3) is 0 Å². The Kier molecular flexibility index (Phi) is 9.54. The van der Waals surface area contributed by atoms with Gasteiger partial charge in [0.05, 0.1) is 0 Å². The number of amides is 1. The lowest BCUT2D eigenvalue weighted by molar-refractivity contribution is -0.111. The molecule has 0 saturated carbocycles. The van der Waals surface area contributed by atoms with Crippen LogP contribution in [0.15, 0.2) is 83.0 Å². The number of rotatable bonds is 6. The zero-order valence-electron chi connectivity index (χ0n) is 18.8. The fourth-order valence-corrected chi connectivity index (χ4v) is 3.61. The zero-order valence-corrected chi connectivity index (χ0v) is 18.8. The first-order valence-electron chi connectivity index (χ1n) is 10.2. The van der Waals surface area contributed by atoms with Gasteiger partial charge < -0.3 is 15.9 Å². The van der Waals surface area contributed by atoms with Gasteiger partial charge in [0, 0.05) is 11.8 Å². The van der Waals surface area contributed by atoms with Crippen LogP contribution in [0.2, 0.25) is 0 Å². The van der Waals surface area contributed by atoms with Gasteiger partial charge >= 0.3 is 0 Å². The normalized spacial score (nSPS) is 17.4. The number of hydrogen-bond donors (Lipinski definition) is 2. The van der Waals surface area contributed by atoms with E-state index in [2.05, 4.69) is 51.2 Å². The molecule has 0 saturated heterocycles. The molecule has 0 aromatic heterocycles. The lowest BCUT2D eigenvalue weighted by atomic mass is 9.72. The van der Waals surface area contributed by atoms with Crippen LogP contribution < -0.4 is 5.32 Å². The molecule has 1 aromatic rings. The first-order valence-corrected chi connectivity index (χ1v) is 10.2. The van der Waals surface area contributed by atoms with Crippen molar-refractivity contribution >= 4 is 11.6 Å². The number of phenols is 1. The number of allylic oxidation sites excluding steroid dienone is 9. The van der Waals surface area contributed by atoms with E-state index in [1.165, 1.54) is 36.0 Å². The summed E-state index contributed by atoms with van der Waals surface area (Å²) in [6, 6.07) is 6.41. The predicted molar refractivity (Wildman–Crippen MR) is 126 cm³/mol. The highest BCUT2D eigenvalue weighted by Gasteiger charge is 2.26. The Morgan fingerprint density at radius 2 is 1.77 bits per heavy atom. The Balaban J connectivity index is 0.00000450. The molecule has 0 heterocycles. The molecule has 0 aliphatic heterocycles. The Bertz CT molecular complexity index is 881. The number of hydrogen-bond acceptors (Lipinski definition) is 2. The van der Waals surface area contributed by atoms with Gasteiger partial charge in [-0.1, -0.05) is 55.4 Å². The largest absolute Gasteiger partial charge is 0.508 e. The molecule has 1 aliphatic rings. The number of anilines is 1. The Morgan fingerprint density at radius 3 is 2.40 bits per heavy atom. The second-order valence-electron chi connectivity index (χ2n) is 8.46. The summed E-state index contributed by atoms with van der Waals surface area (Å²) in [4.78, 5) is 12.1. The van der Waals surface area contributed by atoms with E-state index in [-0.39, 0.29) is 22.5 Å². The molecule has 4 N–H and O–H groups in total. The summed E-state index contributed by atoms with van der Waals surface area (Å²) in [7, 11) is 0. The van der Waals surface area contributed by atoms with Crippen molar-refractivity contribution < 1.29 is 15.4 Å². The highest BCUT2D eigenvalue weighted by atomic mass is 16.3. The molecule has 1 aromatic carbocycles. The SMILES string of the molecule is CC1=C(/C=C/C(C)=C/C=C/C(C)=C/C(=O)Nc2ccc(O)cc2)C(C)(C)CCC1.O. The topological polar surface area (TPSA) is 80.8 Å². The number of carbonyl (C=O) groups is 1. The molecule has 162 valence electrons. The standard InChI is InChI=1S/C26H33NO2.H2O/c1-19(11-16-24-21(3)10-7-17-26(24,4)5)8-6-9-20(2)18-25(29)27-22-12-14-23(28)15-13-22;/h6,8-9,11-16,18,28H,7,10,17H2,1-5H3,(H,27,29);1H2/b9-6+,16-11+,19-8+,20-18+;. The van der Waals surface area contributed by atoms with E-state index < -0.39 is 0 Å². The van der Waals surface area contributed by atoms with E-state index in [0.29, 0.717) is 5.69 Å². The molecule has 30 heavy (non-hydrogen) atoms. The van der Waals surface area contributed by atoms with Crippen molar-refractivity contribution in [2.24, 2.45) is 5.41 Å². The third kappa shape index (κ3) is 7.88.